The van der Waals surface area contributed by atoms with E-state index >= 15 is 0 Å². The van der Waals surface area contributed by atoms with Gasteiger partial charge in [0.2, 0.25) is 5.91 Å². The summed E-state index contributed by atoms with van der Waals surface area (Å²) in [6.45, 7) is 1.51. The molecule has 1 saturated carbocycles. The lowest BCUT2D eigenvalue weighted by Gasteiger charge is -2.17. The normalized spacial score (nSPS) is 12.9. The van der Waals surface area contributed by atoms with Crippen molar-refractivity contribution in [1.29, 1.82) is 0 Å². The van der Waals surface area contributed by atoms with Gasteiger partial charge in [-0.2, -0.15) is 0 Å². The van der Waals surface area contributed by atoms with Gasteiger partial charge >= 0.3 is 5.97 Å². The van der Waals surface area contributed by atoms with Gasteiger partial charge in [-0.25, -0.2) is 9.78 Å². The summed E-state index contributed by atoms with van der Waals surface area (Å²) in [5.74, 6) is -1.28. The molecular formula is C21H23N3O4S. The SMILES string of the molecule is Cc1ccc(Sc2ncccc2C(=O)OCC(=O)N(C)CC(=O)NC2CC2)cc1. The molecular weight excluding hydrogens is 390 g/mol. The molecule has 152 valence electrons. The fraction of sp³-hybridized carbons (Fsp3) is 0.333. The van der Waals surface area contributed by atoms with Gasteiger partial charge in [0, 0.05) is 24.2 Å². The summed E-state index contributed by atoms with van der Waals surface area (Å²) in [5, 5.41) is 3.32. The molecule has 0 saturated heterocycles. The molecule has 0 radical (unpaired) electrons. The minimum atomic E-state index is -0.628. The highest BCUT2D eigenvalue weighted by Crippen LogP contribution is 2.29. The number of aryl methyl sites for hydroxylation is 1. The summed E-state index contributed by atoms with van der Waals surface area (Å²) in [5.41, 5.74) is 1.43. The first kappa shape index (κ1) is 20.9. The maximum atomic E-state index is 12.5. The van der Waals surface area contributed by atoms with Crippen LogP contribution in [0.5, 0.6) is 0 Å². The second kappa shape index (κ2) is 9.56. The van der Waals surface area contributed by atoms with E-state index in [1.807, 2.05) is 31.2 Å². The molecule has 0 bridgehead atoms. The molecule has 2 amide bonds. The van der Waals surface area contributed by atoms with Crippen molar-refractivity contribution in [3.05, 3.63) is 53.7 Å². The minimum absolute atomic E-state index is 0.0612. The zero-order valence-corrected chi connectivity index (χ0v) is 17.2. The first-order valence-corrected chi connectivity index (χ1v) is 10.1. The number of aromatic nitrogens is 1. The molecule has 1 aliphatic carbocycles. The zero-order valence-electron chi connectivity index (χ0n) is 16.4. The maximum Gasteiger partial charge on any atom is 0.341 e. The van der Waals surface area contributed by atoms with Gasteiger partial charge < -0.3 is 15.0 Å². The first-order chi connectivity index (χ1) is 13.9. The lowest BCUT2D eigenvalue weighted by molar-refractivity contribution is -0.137. The van der Waals surface area contributed by atoms with Crippen LogP contribution in [0.3, 0.4) is 0 Å². The van der Waals surface area contributed by atoms with Crippen molar-refractivity contribution in [2.75, 3.05) is 20.2 Å². The van der Waals surface area contributed by atoms with Crippen LogP contribution in [-0.4, -0.2) is 53.9 Å². The van der Waals surface area contributed by atoms with E-state index in [0.717, 1.165) is 23.3 Å². The molecule has 1 heterocycles. The Kier molecular flexibility index (Phi) is 6.87. The quantitative estimate of drug-likeness (QED) is 0.669. The number of ether oxygens (including phenoxy) is 1. The van der Waals surface area contributed by atoms with E-state index in [1.165, 1.54) is 23.7 Å². The van der Waals surface area contributed by atoms with E-state index < -0.39 is 18.5 Å². The van der Waals surface area contributed by atoms with Crippen LogP contribution in [0.2, 0.25) is 0 Å². The van der Waals surface area contributed by atoms with Crippen LogP contribution in [-0.2, 0) is 14.3 Å². The Morgan fingerprint density at radius 3 is 2.62 bits per heavy atom. The average Bonchev–Trinajstić information content (AvgIpc) is 3.51. The van der Waals surface area contributed by atoms with Crippen molar-refractivity contribution in [3.63, 3.8) is 0 Å². The van der Waals surface area contributed by atoms with Gasteiger partial charge in [0.15, 0.2) is 6.61 Å². The van der Waals surface area contributed by atoms with Crippen molar-refractivity contribution in [2.45, 2.75) is 35.7 Å². The molecule has 0 spiro atoms. The molecule has 0 unspecified atom stereocenters. The highest BCUT2D eigenvalue weighted by atomic mass is 32.2. The summed E-state index contributed by atoms with van der Waals surface area (Å²) >= 11 is 1.35. The van der Waals surface area contributed by atoms with Crippen LogP contribution in [0.25, 0.3) is 0 Å². The Morgan fingerprint density at radius 2 is 1.93 bits per heavy atom. The molecule has 7 nitrogen and oxygen atoms in total. The molecule has 1 N–H and O–H groups in total. The largest absolute Gasteiger partial charge is 0.452 e. The van der Waals surface area contributed by atoms with Crippen molar-refractivity contribution in [1.82, 2.24) is 15.2 Å². The number of nitrogens with one attached hydrogen (secondary N) is 1. The third-order valence-corrected chi connectivity index (χ3v) is 5.33. The number of benzene rings is 1. The van der Waals surface area contributed by atoms with E-state index in [0.29, 0.717) is 10.6 Å². The van der Waals surface area contributed by atoms with Crippen LogP contribution in [0.1, 0.15) is 28.8 Å². The molecule has 29 heavy (non-hydrogen) atoms. The molecule has 1 aliphatic rings. The van der Waals surface area contributed by atoms with Gasteiger partial charge in [-0.05, 0) is 44.0 Å². The van der Waals surface area contributed by atoms with Gasteiger partial charge in [0.1, 0.15) is 5.03 Å². The molecule has 0 aliphatic heterocycles. The van der Waals surface area contributed by atoms with E-state index in [9.17, 15) is 14.4 Å². The third-order valence-electron chi connectivity index (χ3n) is 4.30. The van der Waals surface area contributed by atoms with Gasteiger partial charge in [-0.15, -0.1) is 0 Å². The molecule has 2 aromatic rings. The predicted octanol–water partition coefficient (Wildman–Crippen LogP) is 2.44. The van der Waals surface area contributed by atoms with Crippen molar-refractivity contribution >= 4 is 29.5 Å². The lowest BCUT2D eigenvalue weighted by atomic mass is 10.2. The fourth-order valence-electron chi connectivity index (χ4n) is 2.47. The first-order valence-electron chi connectivity index (χ1n) is 9.32. The van der Waals surface area contributed by atoms with E-state index in [2.05, 4.69) is 10.3 Å². The van der Waals surface area contributed by atoms with Crippen LogP contribution < -0.4 is 5.32 Å². The van der Waals surface area contributed by atoms with Crippen molar-refractivity contribution in [2.24, 2.45) is 0 Å². The van der Waals surface area contributed by atoms with Crippen LogP contribution in [0, 0.1) is 6.92 Å². The fourth-order valence-corrected chi connectivity index (χ4v) is 3.34. The number of hydrogen-bond acceptors (Lipinski definition) is 6. The average molecular weight is 413 g/mol. The number of esters is 1. The topological polar surface area (TPSA) is 88.6 Å². The Bertz CT molecular complexity index is 897. The number of carbonyl (C=O) groups excluding carboxylic acids is 3. The van der Waals surface area contributed by atoms with E-state index in [4.69, 9.17) is 4.74 Å². The molecule has 1 aromatic carbocycles. The minimum Gasteiger partial charge on any atom is -0.452 e. The number of amides is 2. The Morgan fingerprint density at radius 1 is 1.21 bits per heavy atom. The van der Waals surface area contributed by atoms with Gasteiger partial charge in [-0.3, -0.25) is 9.59 Å². The highest BCUT2D eigenvalue weighted by Gasteiger charge is 2.24. The van der Waals surface area contributed by atoms with Gasteiger partial charge in [0.05, 0.1) is 12.1 Å². The molecule has 3 rings (SSSR count). The second-order valence-electron chi connectivity index (χ2n) is 6.94. The summed E-state index contributed by atoms with van der Waals surface area (Å²) in [4.78, 5) is 42.9. The summed E-state index contributed by atoms with van der Waals surface area (Å²) in [6, 6.07) is 11.4. The number of likely N-dealkylation sites (N-methyl/N-ethyl adjacent to an activating group) is 1. The highest BCUT2D eigenvalue weighted by molar-refractivity contribution is 7.99. The smallest absolute Gasteiger partial charge is 0.341 e. The number of rotatable bonds is 8. The van der Waals surface area contributed by atoms with Crippen molar-refractivity contribution < 1.29 is 19.1 Å². The monoisotopic (exact) mass is 413 g/mol. The van der Waals surface area contributed by atoms with Crippen LogP contribution >= 0.6 is 11.8 Å². The van der Waals surface area contributed by atoms with E-state index in [1.54, 1.807) is 18.3 Å². The zero-order chi connectivity index (χ0) is 20.8. The number of pyridine rings is 1. The molecule has 1 fully saturated rings. The van der Waals surface area contributed by atoms with Crippen LogP contribution in [0.4, 0.5) is 0 Å². The molecule has 1 aromatic heterocycles. The number of nitrogens with zero attached hydrogens (tertiary/aromatic N) is 2. The summed E-state index contributed by atoms with van der Waals surface area (Å²) < 4.78 is 5.17. The van der Waals surface area contributed by atoms with E-state index in [-0.39, 0.29) is 18.5 Å². The van der Waals surface area contributed by atoms with Gasteiger partial charge in [-0.1, -0.05) is 29.5 Å². The number of carbonyl (C=O) groups is 3. The lowest BCUT2D eigenvalue weighted by Crippen LogP contribution is -2.40. The van der Waals surface area contributed by atoms with Gasteiger partial charge in [0.25, 0.3) is 5.91 Å². The number of hydrogen-bond donors (Lipinski definition) is 1. The molecule has 8 heteroatoms. The predicted molar refractivity (Wildman–Crippen MR) is 109 cm³/mol. The second-order valence-corrected chi connectivity index (χ2v) is 8.00. The Hall–Kier alpha value is -2.87. The Labute approximate surface area is 173 Å². The summed E-state index contributed by atoms with van der Waals surface area (Å²) in [7, 11) is 1.51. The summed E-state index contributed by atoms with van der Waals surface area (Å²) in [6.07, 6.45) is 3.56. The standard InChI is InChI=1S/C21H23N3O4S/c1-14-5-9-16(10-6-14)29-20-17(4-3-11-22-20)21(27)28-13-19(26)24(2)12-18(25)23-15-7-8-15/h3-6,9-11,15H,7-8,12-13H2,1-2H3,(H,23,25). The molecule has 0 atom stereocenters. The van der Waals surface area contributed by atoms with Crippen molar-refractivity contribution in [3.8, 4) is 0 Å². The third kappa shape index (κ3) is 6.32. The van der Waals surface area contributed by atoms with Crippen LogP contribution in [0.15, 0.2) is 52.5 Å². The Balaban J connectivity index is 1.55. The maximum absolute atomic E-state index is 12.5.